The zero-order chi connectivity index (χ0) is 41.3. The quantitative estimate of drug-likeness (QED) is 0.0977. The first-order valence-corrected chi connectivity index (χ1v) is 21.9. The topological polar surface area (TPSA) is 294 Å². The predicted molar refractivity (Wildman–Crippen MR) is 196 cm³/mol. The Labute approximate surface area is 328 Å². The molecule has 2 unspecified atom stereocenters. The van der Waals surface area contributed by atoms with Gasteiger partial charge in [0.15, 0.2) is 23.6 Å². The van der Waals surface area contributed by atoms with Gasteiger partial charge in [0.25, 0.3) is 5.56 Å². The highest BCUT2D eigenvalue weighted by atomic mass is 32.7. The summed E-state index contributed by atoms with van der Waals surface area (Å²) >= 11 is 0.582. The molecule has 5 rings (SSSR count). The molecule has 2 aliphatic heterocycles. The smallest absolute Gasteiger partial charge is 0.432 e. The number of phosphoric acid groups is 1. The van der Waals surface area contributed by atoms with E-state index < -0.39 is 93.9 Å². The van der Waals surface area contributed by atoms with Crippen molar-refractivity contribution in [1.29, 1.82) is 0 Å². The molecule has 0 saturated carbocycles. The number of hydrogen-bond acceptors (Lipinski definition) is 22. The summed E-state index contributed by atoms with van der Waals surface area (Å²) < 4.78 is 90.2. The molecule has 7 atom stereocenters. The monoisotopic (exact) mass is 867 g/mol. The number of aromatic amines is 1. The number of hydrogen-bond donors (Lipinski definition) is 2. The molecule has 3 aromatic heterocycles. The number of aromatic nitrogens is 6. The van der Waals surface area contributed by atoms with E-state index in [1.54, 1.807) is 27.7 Å². The van der Waals surface area contributed by atoms with Crippen molar-refractivity contribution in [2.45, 2.75) is 89.9 Å². The third-order valence-electron chi connectivity index (χ3n) is 7.82. The summed E-state index contributed by atoms with van der Waals surface area (Å²) in [6.07, 6.45) is -3.44. The van der Waals surface area contributed by atoms with Gasteiger partial charge in [0.2, 0.25) is 6.79 Å². The number of H-pyrrole nitrogens is 1. The number of nitrogens with zero attached hydrogens (tertiary/aromatic N) is 5. The number of nitrogens with one attached hydrogen (secondary N) is 1. The van der Waals surface area contributed by atoms with E-state index in [1.807, 2.05) is 0 Å². The normalized spacial score (nSPS) is 23.0. The minimum Gasteiger partial charge on any atom is -0.432 e. The van der Waals surface area contributed by atoms with E-state index >= 15 is 0 Å². The van der Waals surface area contributed by atoms with Crippen molar-refractivity contribution in [3.05, 3.63) is 45.8 Å². The fourth-order valence-corrected chi connectivity index (χ4v) is 8.80. The molecule has 0 aliphatic carbocycles. The van der Waals surface area contributed by atoms with Gasteiger partial charge in [0, 0.05) is 37.2 Å². The highest BCUT2D eigenvalue weighted by Gasteiger charge is 2.45. The Balaban J connectivity index is 1.33. The summed E-state index contributed by atoms with van der Waals surface area (Å²) in [6, 6.07) is 1.17. The molecule has 2 aliphatic rings. The van der Waals surface area contributed by atoms with Crippen molar-refractivity contribution in [2.75, 3.05) is 38.8 Å². The van der Waals surface area contributed by atoms with Crippen LogP contribution in [0.1, 0.15) is 59.4 Å². The summed E-state index contributed by atoms with van der Waals surface area (Å²) in [7, 11) is -3.59. The van der Waals surface area contributed by atoms with E-state index in [9.17, 15) is 28.3 Å². The number of phosphoric ester groups is 1. The predicted octanol–water partition coefficient (Wildman–Crippen LogP) is 3.99. The first-order valence-electron chi connectivity index (χ1n) is 17.3. The summed E-state index contributed by atoms with van der Waals surface area (Å²) in [5.41, 5.74) is 5.19. The number of ether oxygens (including phenoxy) is 6. The molecule has 0 radical (unpaired) electrons. The third-order valence-corrected chi connectivity index (χ3v) is 12.7. The molecule has 0 amide bonds. The van der Waals surface area contributed by atoms with Crippen LogP contribution in [0.15, 0.2) is 34.5 Å². The van der Waals surface area contributed by atoms with Crippen LogP contribution in [-0.4, -0.2) is 105 Å². The van der Waals surface area contributed by atoms with Crippen LogP contribution in [0.4, 0.5) is 15.4 Å². The van der Waals surface area contributed by atoms with Gasteiger partial charge in [-0.25, -0.2) is 43.0 Å². The van der Waals surface area contributed by atoms with Gasteiger partial charge in [-0.15, -0.1) is 0 Å². The summed E-state index contributed by atoms with van der Waals surface area (Å²) in [4.78, 5) is 62.4. The van der Waals surface area contributed by atoms with E-state index in [2.05, 4.69) is 19.9 Å². The molecule has 5 heterocycles. The number of imidazole rings is 1. The Bertz CT molecular complexity index is 2060. The van der Waals surface area contributed by atoms with Crippen molar-refractivity contribution < 1.29 is 69.8 Å². The molecule has 3 N–H and O–H groups in total. The lowest BCUT2D eigenvalue weighted by Gasteiger charge is -2.25. The average molecular weight is 868 g/mol. The Hall–Kier alpha value is -3.90. The maximum atomic E-state index is 14.4. The fourth-order valence-electron chi connectivity index (χ4n) is 5.37. The molecular weight excluding hydrogens is 824 g/mol. The van der Waals surface area contributed by atoms with Crippen molar-refractivity contribution in [2.24, 2.45) is 0 Å². The van der Waals surface area contributed by atoms with Gasteiger partial charge in [0.1, 0.15) is 24.2 Å². The largest absolute Gasteiger partial charge is 0.510 e. The molecule has 0 aromatic carbocycles. The lowest BCUT2D eigenvalue weighted by Crippen LogP contribution is -2.31. The van der Waals surface area contributed by atoms with Crippen LogP contribution in [-0.2, 0) is 60.2 Å². The molecule has 3 aromatic rings. The molecule has 2 saturated heterocycles. The van der Waals surface area contributed by atoms with Crippen molar-refractivity contribution in [3.8, 4) is 0 Å². The van der Waals surface area contributed by atoms with Crippen molar-refractivity contribution in [3.63, 3.8) is 0 Å². The second kappa shape index (κ2) is 19.7. The van der Waals surface area contributed by atoms with Gasteiger partial charge in [-0.05, 0) is 40.5 Å². The molecule has 2 fully saturated rings. The zero-order valence-corrected chi connectivity index (χ0v) is 34.0. The Morgan fingerprint density at radius 2 is 1.68 bits per heavy atom. The van der Waals surface area contributed by atoms with Crippen LogP contribution in [0.5, 0.6) is 0 Å². The first-order chi connectivity index (χ1) is 27.1. The van der Waals surface area contributed by atoms with Crippen molar-refractivity contribution in [1.82, 2.24) is 29.1 Å². The van der Waals surface area contributed by atoms with Crippen molar-refractivity contribution >= 4 is 55.3 Å². The summed E-state index contributed by atoms with van der Waals surface area (Å²) in [5.74, 6) is -0.357. The number of nitrogen functional groups attached to an aromatic ring is 1. The fraction of sp³-hybridized carbons (Fsp3) is 0.633. The number of anilines is 1. The number of carbonyl (C=O) groups is 2. The minimum absolute atomic E-state index is 0.0633. The second-order valence-electron chi connectivity index (χ2n) is 12.7. The van der Waals surface area contributed by atoms with Gasteiger partial charge >= 0.3 is 32.6 Å². The number of fused-ring (bicyclic) bond motifs is 1. The second-order valence-corrected chi connectivity index (χ2v) is 18.5. The molecule has 0 spiro atoms. The zero-order valence-electron chi connectivity index (χ0n) is 31.4. The highest BCUT2D eigenvalue weighted by Crippen LogP contribution is 2.60. The van der Waals surface area contributed by atoms with E-state index in [0.29, 0.717) is 24.2 Å². The SMILES string of the molecule is COP(=O)(OC[C@@H]1C[C@@H](OP(=O)(OCOC(=O)OC(C)C)OC[C@@H]2CC[C@H](n3ccc(=O)[nH]c3=O)O2)[C@H](n2cnc3c(N)ncnc32)O1)SCOC(=O)OC(C)C. The first kappa shape index (κ1) is 44.2. The van der Waals surface area contributed by atoms with Gasteiger partial charge in [-0.1, -0.05) is 0 Å². The van der Waals surface area contributed by atoms with Gasteiger partial charge in [-0.2, -0.15) is 0 Å². The Morgan fingerprint density at radius 3 is 2.39 bits per heavy atom. The minimum atomic E-state index is -4.73. The van der Waals surface area contributed by atoms with Gasteiger partial charge in [0.05, 0.1) is 44.0 Å². The molecular formula is C30H43N7O17P2S. The van der Waals surface area contributed by atoms with Crippen LogP contribution >= 0.6 is 26.0 Å². The summed E-state index contributed by atoms with van der Waals surface area (Å²) in [6.45, 7) is 0.846. The van der Waals surface area contributed by atoms with E-state index in [-0.39, 0.29) is 36.6 Å². The molecule has 316 valence electrons. The number of rotatable bonds is 19. The standard InChI is InChI=1S/C30H43N7O17P2S/c1-17(2)50-29(40)45-15-49-55(42,47-11-19-6-7-23(52-19)36-9-8-22(38)35-28(36)39)54-21-10-20(12-48-56(43,44-5)57-16-46-30(41)51-18(3)4)53-27(21)37-14-34-24-25(31)32-13-33-26(24)37/h8-9,13-14,17-21,23,27H,6-7,10-12,15-16H2,1-5H3,(H2,31,32,33)(H,35,38,39)/t19-,20-,21+,23+,27+,55?,56?/m0/s1. The number of carbonyl (C=O) groups excluding carboxylic acids is 2. The lowest BCUT2D eigenvalue weighted by atomic mass is 10.2. The molecule has 57 heavy (non-hydrogen) atoms. The summed E-state index contributed by atoms with van der Waals surface area (Å²) in [5, 5.41) is 0. The average Bonchev–Trinajstić information content (AvgIpc) is 3.88. The van der Waals surface area contributed by atoms with Gasteiger partial charge < -0.3 is 38.7 Å². The van der Waals surface area contributed by atoms with Crippen LogP contribution in [0, 0.1) is 0 Å². The number of nitrogens with two attached hydrogens (primary N) is 1. The van der Waals surface area contributed by atoms with E-state index in [4.69, 9.17) is 56.8 Å². The molecule has 24 nitrogen and oxygen atoms in total. The lowest BCUT2D eigenvalue weighted by molar-refractivity contribution is -0.0660. The maximum absolute atomic E-state index is 14.4. The van der Waals surface area contributed by atoms with Crippen LogP contribution in [0.25, 0.3) is 11.2 Å². The van der Waals surface area contributed by atoms with Gasteiger partial charge in [-0.3, -0.25) is 32.5 Å². The third kappa shape index (κ3) is 12.3. The highest BCUT2D eigenvalue weighted by molar-refractivity contribution is 8.55. The Kier molecular flexibility index (Phi) is 15.3. The molecule has 0 bridgehead atoms. The molecule has 27 heteroatoms. The Morgan fingerprint density at radius 1 is 0.965 bits per heavy atom. The van der Waals surface area contributed by atoms with Crippen LogP contribution < -0.4 is 17.0 Å². The van der Waals surface area contributed by atoms with Crippen LogP contribution in [0.3, 0.4) is 0 Å². The maximum Gasteiger partial charge on any atom is 0.510 e. The van der Waals surface area contributed by atoms with Crippen LogP contribution in [0.2, 0.25) is 0 Å². The van der Waals surface area contributed by atoms with E-state index in [0.717, 1.165) is 7.11 Å². The van der Waals surface area contributed by atoms with E-state index in [1.165, 1.54) is 34.1 Å².